The normalized spacial score (nSPS) is 39.9. The molecule has 3 fully saturated rings. The largest absolute Gasteiger partial charge is 0.342 e. The first kappa shape index (κ1) is 20.7. The number of aromatic amines is 1. The summed E-state index contributed by atoms with van der Waals surface area (Å²) in [4.78, 5) is 20.8. The van der Waals surface area contributed by atoms with Gasteiger partial charge in [0.05, 0.1) is 11.0 Å². The molecule has 1 N–H and O–H groups in total. The van der Waals surface area contributed by atoms with Crippen LogP contribution in [-0.4, -0.2) is 15.8 Å². The van der Waals surface area contributed by atoms with Gasteiger partial charge in [0.15, 0.2) is 5.78 Å². The molecule has 32 heavy (non-hydrogen) atoms. The third-order valence-corrected chi connectivity index (χ3v) is 10.7. The summed E-state index contributed by atoms with van der Waals surface area (Å²) in [6.45, 7) is 9.69. The Labute approximate surface area is 192 Å². The number of nitrogens with one attached hydrogen (secondary N) is 1. The zero-order chi connectivity index (χ0) is 22.3. The van der Waals surface area contributed by atoms with Crippen LogP contribution in [-0.2, 0) is 4.79 Å². The molecule has 0 spiro atoms. The number of aryl methyl sites for hydroxylation is 1. The molecular formula is C29H38N2O. The number of ketones is 1. The average Bonchev–Trinajstić information content (AvgIpc) is 3.34. The van der Waals surface area contributed by atoms with Crippen molar-refractivity contribution in [1.82, 2.24) is 9.97 Å². The Morgan fingerprint density at radius 3 is 2.75 bits per heavy atom. The lowest BCUT2D eigenvalue weighted by Gasteiger charge is -2.58. The first-order chi connectivity index (χ1) is 15.3. The molecule has 1 aromatic heterocycles. The lowest BCUT2D eigenvalue weighted by Crippen LogP contribution is -2.50. The summed E-state index contributed by atoms with van der Waals surface area (Å²) in [5, 5.41) is 0. The highest BCUT2D eigenvalue weighted by Gasteiger charge is 2.59. The van der Waals surface area contributed by atoms with Gasteiger partial charge in [-0.1, -0.05) is 32.4 Å². The summed E-state index contributed by atoms with van der Waals surface area (Å²) in [6.07, 6.45) is 11.7. The Bertz CT molecular complexity index is 1110. The lowest BCUT2D eigenvalue weighted by molar-refractivity contribution is -0.117. The molecule has 4 aliphatic carbocycles. The number of rotatable bonds is 2. The van der Waals surface area contributed by atoms with Crippen LogP contribution in [0.25, 0.3) is 11.0 Å². The van der Waals surface area contributed by atoms with Crippen molar-refractivity contribution in [2.24, 2.45) is 34.5 Å². The molecule has 1 aromatic carbocycles. The van der Waals surface area contributed by atoms with Crippen LogP contribution in [0.4, 0.5) is 0 Å². The van der Waals surface area contributed by atoms with E-state index in [9.17, 15) is 4.79 Å². The van der Waals surface area contributed by atoms with Crippen molar-refractivity contribution in [3.63, 3.8) is 0 Å². The molecule has 4 aliphatic rings. The van der Waals surface area contributed by atoms with Gasteiger partial charge in [-0.3, -0.25) is 4.79 Å². The minimum absolute atomic E-state index is 0.276. The van der Waals surface area contributed by atoms with E-state index in [0.717, 1.165) is 42.5 Å². The Balaban J connectivity index is 1.29. The van der Waals surface area contributed by atoms with Crippen LogP contribution in [0.1, 0.15) is 89.4 Å². The van der Waals surface area contributed by atoms with Gasteiger partial charge in [-0.2, -0.15) is 0 Å². The van der Waals surface area contributed by atoms with Crippen molar-refractivity contribution < 1.29 is 4.79 Å². The first-order valence-corrected chi connectivity index (χ1v) is 13.0. The van der Waals surface area contributed by atoms with E-state index in [1.54, 1.807) is 0 Å². The summed E-state index contributed by atoms with van der Waals surface area (Å²) in [5.74, 6) is 5.16. The molecule has 0 radical (unpaired) electrons. The highest BCUT2D eigenvalue weighted by molar-refractivity contribution is 5.91. The number of benzene rings is 1. The second-order valence-corrected chi connectivity index (χ2v) is 12.1. The van der Waals surface area contributed by atoms with E-state index in [-0.39, 0.29) is 5.41 Å². The van der Waals surface area contributed by atoms with Gasteiger partial charge < -0.3 is 4.98 Å². The minimum atomic E-state index is 0.276. The average molecular weight is 431 g/mol. The van der Waals surface area contributed by atoms with Crippen molar-refractivity contribution >= 4 is 16.8 Å². The Hall–Kier alpha value is -1.90. The van der Waals surface area contributed by atoms with Crippen LogP contribution < -0.4 is 0 Å². The Morgan fingerprint density at radius 2 is 1.91 bits per heavy atom. The smallest absolute Gasteiger partial charge is 0.155 e. The van der Waals surface area contributed by atoms with E-state index >= 15 is 0 Å². The maximum Gasteiger partial charge on any atom is 0.155 e. The molecule has 3 nitrogen and oxygen atoms in total. The quantitative estimate of drug-likeness (QED) is 0.551. The van der Waals surface area contributed by atoms with E-state index in [2.05, 4.69) is 50.9 Å². The van der Waals surface area contributed by atoms with Crippen molar-refractivity contribution in [3.05, 3.63) is 41.2 Å². The van der Waals surface area contributed by atoms with Gasteiger partial charge in [0.25, 0.3) is 0 Å². The van der Waals surface area contributed by atoms with Crippen LogP contribution in [0.2, 0.25) is 0 Å². The monoisotopic (exact) mass is 430 g/mol. The van der Waals surface area contributed by atoms with Gasteiger partial charge in [-0.05, 0) is 110 Å². The van der Waals surface area contributed by atoms with Gasteiger partial charge in [0.1, 0.15) is 5.82 Å². The number of carbonyl (C=O) groups excluding carboxylic acids is 1. The predicted molar refractivity (Wildman–Crippen MR) is 129 cm³/mol. The number of carbonyl (C=O) groups is 1. The zero-order valence-corrected chi connectivity index (χ0v) is 20.2. The summed E-state index contributed by atoms with van der Waals surface area (Å²) in [7, 11) is 0. The number of nitrogens with zero attached hydrogens (tertiary/aromatic N) is 1. The van der Waals surface area contributed by atoms with Gasteiger partial charge in [-0.25, -0.2) is 4.98 Å². The van der Waals surface area contributed by atoms with E-state index in [4.69, 9.17) is 4.98 Å². The fraction of sp³-hybridized carbons (Fsp3) is 0.655. The van der Waals surface area contributed by atoms with Crippen molar-refractivity contribution in [1.29, 1.82) is 0 Å². The molecule has 0 amide bonds. The molecule has 1 heterocycles. The topological polar surface area (TPSA) is 45.8 Å². The summed E-state index contributed by atoms with van der Waals surface area (Å²) < 4.78 is 0. The third-order valence-electron chi connectivity index (χ3n) is 10.7. The number of hydrogen-bond donors (Lipinski definition) is 1. The molecule has 3 saturated carbocycles. The molecular weight excluding hydrogens is 392 g/mol. The molecule has 2 aromatic rings. The minimum Gasteiger partial charge on any atom is -0.342 e. The number of H-pyrrole nitrogens is 1. The predicted octanol–water partition coefficient (Wildman–Crippen LogP) is 7.12. The summed E-state index contributed by atoms with van der Waals surface area (Å²) in [5.41, 5.74) is 5.75. The van der Waals surface area contributed by atoms with Gasteiger partial charge >= 0.3 is 0 Å². The standard InChI is InChI=1S/C29H38N2O/c1-17-5-10-25-26(15-17)31-27(30-25)18(2)22-8-9-23-21-7-6-19-16-20(32)11-13-28(19,3)24(21)12-14-29(22,23)4/h5,10,15-16,18,21-24H,6-9,11-14H2,1-4H3,(H,30,31)/t18-,21-,22+,23-,24-,28-,29+/m0/s1. The Morgan fingerprint density at radius 1 is 1.06 bits per heavy atom. The molecule has 0 saturated heterocycles. The van der Waals surface area contributed by atoms with Crippen LogP contribution in [0.5, 0.6) is 0 Å². The molecule has 7 atom stereocenters. The SMILES string of the molecule is Cc1ccc2nc([C@@H](C)[C@H]3CC[C@H]4[C@@H]5CCC6=CC(=O)CC[C@]6(C)[C@H]5CC[C@]34C)[nH]c2c1. The highest BCUT2D eigenvalue weighted by atomic mass is 16.1. The third kappa shape index (κ3) is 2.85. The molecule has 0 bridgehead atoms. The number of aromatic nitrogens is 2. The molecule has 6 rings (SSSR count). The van der Waals surface area contributed by atoms with Crippen molar-refractivity contribution in [2.45, 2.75) is 85.0 Å². The second-order valence-electron chi connectivity index (χ2n) is 12.1. The first-order valence-electron chi connectivity index (χ1n) is 13.0. The van der Waals surface area contributed by atoms with Crippen LogP contribution >= 0.6 is 0 Å². The maximum absolute atomic E-state index is 12.1. The number of hydrogen-bond acceptors (Lipinski definition) is 2. The number of imidazole rings is 1. The maximum atomic E-state index is 12.1. The Kier molecular flexibility index (Phi) is 4.56. The molecule has 3 heteroatoms. The van der Waals surface area contributed by atoms with Crippen molar-refractivity contribution in [3.8, 4) is 0 Å². The van der Waals surface area contributed by atoms with Gasteiger partial charge in [0.2, 0.25) is 0 Å². The van der Waals surface area contributed by atoms with Crippen molar-refractivity contribution in [2.75, 3.05) is 0 Å². The molecule has 0 unspecified atom stereocenters. The molecule has 0 aliphatic heterocycles. The summed E-state index contributed by atoms with van der Waals surface area (Å²) >= 11 is 0. The van der Waals surface area contributed by atoms with E-state index in [1.807, 2.05) is 6.08 Å². The fourth-order valence-corrected chi connectivity index (χ4v) is 8.97. The number of fused-ring (bicyclic) bond motifs is 6. The highest BCUT2D eigenvalue weighted by Crippen LogP contribution is 2.68. The summed E-state index contributed by atoms with van der Waals surface area (Å²) in [6, 6.07) is 6.55. The van der Waals surface area contributed by atoms with Crippen LogP contribution in [0, 0.1) is 41.4 Å². The number of allylic oxidation sites excluding steroid dienone is 1. The van der Waals surface area contributed by atoms with Crippen LogP contribution in [0.3, 0.4) is 0 Å². The zero-order valence-electron chi connectivity index (χ0n) is 20.2. The lowest BCUT2D eigenvalue weighted by atomic mass is 9.46. The molecule has 170 valence electrons. The van der Waals surface area contributed by atoms with Crippen LogP contribution in [0.15, 0.2) is 29.8 Å². The fourth-order valence-electron chi connectivity index (χ4n) is 8.97. The van der Waals surface area contributed by atoms with Gasteiger partial charge in [0, 0.05) is 12.3 Å². The van der Waals surface area contributed by atoms with Gasteiger partial charge in [-0.15, -0.1) is 0 Å². The van der Waals surface area contributed by atoms with E-state index < -0.39 is 0 Å². The second kappa shape index (κ2) is 7.05. The van der Waals surface area contributed by atoms with E-state index in [1.165, 1.54) is 54.6 Å². The van der Waals surface area contributed by atoms with E-state index in [0.29, 0.717) is 23.0 Å².